The third kappa shape index (κ3) is 4.57. The highest BCUT2D eigenvalue weighted by Gasteiger charge is 2.27. The molecule has 0 spiro atoms. The maximum atomic E-state index is 13.6. The van der Waals surface area contributed by atoms with Crippen molar-refractivity contribution in [2.75, 3.05) is 18.4 Å². The van der Waals surface area contributed by atoms with Crippen molar-refractivity contribution in [3.05, 3.63) is 46.7 Å². The van der Waals surface area contributed by atoms with E-state index in [-0.39, 0.29) is 23.7 Å². The van der Waals surface area contributed by atoms with Crippen LogP contribution < -0.4 is 10.6 Å². The SMILES string of the molecule is Cc1ccc(CNC(=O)C2CCN(C(=O)Nc3nccs3)CC2)cc1F. The molecule has 2 heterocycles. The zero-order valence-corrected chi connectivity index (χ0v) is 15.3. The molecule has 1 saturated heterocycles. The molecule has 0 atom stereocenters. The van der Waals surface area contributed by atoms with E-state index in [0.29, 0.717) is 43.2 Å². The second-order valence-corrected chi connectivity index (χ2v) is 7.22. The van der Waals surface area contributed by atoms with E-state index in [1.54, 1.807) is 29.5 Å². The second-order valence-electron chi connectivity index (χ2n) is 6.33. The zero-order chi connectivity index (χ0) is 18.5. The van der Waals surface area contributed by atoms with E-state index in [0.717, 1.165) is 5.56 Å². The molecule has 2 aromatic rings. The summed E-state index contributed by atoms with van der Waals surface area (Å²) in [6.45, 7) is 3.06. The molecular weight excluding hydrogens is 355 g/mol. The van der Waals surface area contributed by atoms with Gasteiger partial charge < -0.3 is 10.2 Å². The Kier molecular flexibility index (Phi) is 5.82. The number of hydrogen-bond acceptors (Lipinski definition) is 4. The number of likely N-dealkylation sites (tertiary alicyclic amines) is 1. The van der Waals surface area contributed by atoms with Crippen LogP contribution in [0.4, 0.5) is 14.3 Å². The molecule has 0 radical (unpaired) electrons. The number of rotatable bonds is 4. The van der Waals surface area contributed by atoms with Gasteiger partial charge in [-0.1, -0.05) is 12.1 Å². The first-order valence-corrected chi connectivity index (χ1v) is 9.39. The first-order chi connectivity index (χ1) is 12.5. The van der Waals surface area contributed by atoms with Gasteiger partial charge in [0.2, 0.25) is 5.91 Å². The minimum Gasteiger partial charge on any atom is -0.352 e. The van der Waals surface area contributed by atoms with Gasteiger partial charge in [-0.05, 0) is 37.0 Å². The summed E-state index contributed by atoms with van der Waals surface area (Å²) in [7, 11) is 0. The van der Waals surface area contributed by atoms with E-state index in [9.17, 15) is 14.0 Å². The fourth-order valence-corrected chi connectivity index (χ4v) is 3.40. The van der Waals surface area contributed by atoms with Crippen LogP contribution in [0.25, 0.3) is 0 Å². The number of halogens is 1. The van der Waals surface area contributed by atoms with Gasteiger partial charge >= 0.3 is 6.03 Å². The van der Waals surface area contributed by atoms with Crippen LogP contribution in [0.1, 0.15) is 24.0 Å². The van der Waals surface area contributed by atoms with E-state index in [1.807, 2.05) is 6.07 Å². The molecule has 3 amide bonds. The Morgan fingerprint density at radius 1 is 1.35 bits per heavy atom. The molecule has 1 aliphatic rings. The largest absolute Gasteiger partial charge is 0.352 e. The number of carbonyl (C=O) groups is 2. The lowest BCUT2D eigenvalue weighted by atomic mass is 9.96. The first kappa shape index (κ1) is 18.3. The van der Waals surface area contributed by atoms with Crippen LogP contribution in [0, 0.1) is 18.7 Å². The fourth-order valence-electron chi connectivity index (χ4n) is 2.88. The first-order valence-electron chi connectivity index (χ1n) is 8.51. The third-order valence-electron chi connectivity index (χ3n) is 4.50. The van der Waals surface area contributed by atoms with Gasteiger partial charge in [-0.3, -0.25) is 10.1 Å². The van der Waals surface area contributed by atoms with Crippen LogP contribution in [0.3, 0.4) is 0 Å². The molecule has 138 valence electrons. The van der Waals surface area contributed by atoms with Crippen LogP contribution >= 0.6 is 11.3 Å². The molecule has 0 aliphatic carbocycles. The summed E-state index contributed by atoms with van der Waals surface area (Å²) in [5.74, 6) is -0.448. The van der Waals surface area contributed by atoms with E-state index in [2.05, 4.69) is 15.6 Å². The molecule has 2 N–H and O–H groups in total. The lowest BCUT2D eigenvalue weighted by Crippen LogP contribution is -2.44. The van der Waals surface area contributed by atoms with Gasteiger partial charge in [-0.2, -0.15) is 0 Å². The average Bonchev–Trinajstić information content (AvgIpc) is 3.15. The number of amides is 3. The number of urea groups is 1. The molecule has 0 saturated carbocycles. The van der Waals surface area contributed by atoms with Crippen molar-refractivity contribution in [2.24, 2.45) is 5.92 Å². The summed E-state index contributed by atoms with van der Waals surface area (Å²) >= 11 is 1.37. The van der Waals surface area contributed by atoms with Gasteiger partial charge in [0.25, 0.3) is 0 Å². The maximum absolute atomic E-state index is 13.6. The van der Waals surface area contributed by atoms with Crippen molar-refractivity contribution in [3.8, 4) is 0 Å². The van der Waals surface area contributed by atoms with E-state index in [4.69, 9.17) is 0 Å². The van der Waals surface area contributed by atoms with Crippen LogP contribution in [0.5, 0.6) is 0 Å². The van der Waals surface area contributed by atoms with E-state index in [1.165, 1.54) is 17.4 Å². The Bertz CT molecular complexity index is 774. The van der Waals surface area contributed by atoms with Crippen molar-refractivity contribution in [1.82, 2.24) is 15.2 Å². The highest BCUT2D eigenvalue weighted by atomic mass is 32.1. The average molecular weight is 376 g/mol. The Balaban J connectivity index is 1.44. The van der Waals surface area contributed by atoms with Crippen LogP contribution in [-0.2, 0) is 11.3 Å². The molecule has 0 bridgehead atoms. The van der Waals surface area contributed by atoms with Gasteiger partial charge in [0.15, 0.2) is 5.13 Å². The zero-order valence-electron chi connectivity index (χ0n) is 14.5. The summed E-state index contributed by atoms with van der Waals surface area (Å²) in [6, 6.07) is 4.77. The molecule has 26 heavy (non-hydrogen) atoms. The van der Waals surface area contributed by atoms with Crippen LogP contribution in [0.15, 0.2) is 29.8 Å². The normalized spacial score (nSPS) is 14.9. The van der Waals surface area contributed by atoms with Gasteiger partial charge in [0.1, 0.15) is 5.82 Å². The van der Waals surface area contributed by atoms with E-state index >= 15 is 0 Å². The number of thiazole rings is 1. The van der Waals surface area contributed by atoms with Gasteiger partial charge in [-0.15, -0.1) is 11.3 Å². The molecule has 1 aliphatic heterocycles. The van der Waals surface area contributed by atoms with Crippen molar-refractivity contribution in [2.45, 2.75) is 26.3 Å². The lowest BCUT2D eigenvalue weighted by Gasteiger charge is -2.31. The number of aryl methyl sites for hydroxylation is 1. The summed E-state index contributed by atoms with van der Waals surface area (Å²) < 4.78 is 13.6. The molecule has 8 heteroatoms. The number of aromatic nitrogens is 1. The number of nitrogens with one attached hydrogen (secondary N) is 2. The quantitative estimate of drug-likeness (QED) is 0.861. The van der Waals surface area contributed by atoms with Crippen LogP contribution in [0.2, 0.25) is 0 Å². The standard InChI is InChI=1S/C18H21FN4O2S/c1-12-2-3-13(10-15(12)19)11-21-16(24)14-4-7-23(8-5-14)18(25)22-17-20-6-9-26-17/h2-3,6,9-10,14H,4-5,7-8,11H2,1H3,(H,21,24)(H,20,22,25). The van der Waals surface area contributed by atoms with Crippen molar-refractivity contribution >= 4 is 28.4 Å². The summed E-state index contributed by atoms with van der Waals surface area (Å²) in [6.07, 6.45) is 2.86. The molecule has 0 unspecified atom stereocenters. The number of anilines is 1. The fraction of sp³-hybridized carbons (Fsp3) is 0.389. The smallest absolute Gasteiger partial charge is 0.323 e. The van der Waals surface area contributed by atoms with Crippen LogP contribution in [-0.4, -0.2) is 34.9 Å². The van der Waals surface area contributed by atoms with Crippen molar-refractivity contribution in [1.29, 1.82) is 0 Å². The predicted molar refractivity (Wildman–Crippen MR) is 98.4 cm³/mol. The van der Waals surface area contributed by atoms with Crippen molar-refractivity contribution < 1.29 is 14.0 Å². The molecule has 6 nitrogen and oxygen atoms in total. The molecule has 3 rings (SSSR count). The van der Waals surface area contributed by atoms with Gasteiger partial charge in [0.05, 0.1) is 0 Å². The molecule has 1 aromatic heterocycles. The predicted octanol–water partition coefficient (Wildman–Crippen LogP) is 3.15. The number of piperidine rings is 1. The second kappa shape index (κ2) is 8.27. The number of benzene rings is 1. The van der Waals surface area contributed by atoms with Gasteiger partial charge in [-0.25, -0.2) is 14.2 Å². The molecular formula is C18H21FN4O2S. The topological polar surface area (TPSA) is 74.3 Å². The monoisotopic (exact) mass is 376 g/mol. The van der Waals surface area contributed by atoms with Gasteiger partial charge in [0, 0.05) is 37.1 Å². The summed E-state index contributed by atoms with van der Waals surface area (Å²) in [5.41, 5.74) is 1.32. The minimum atomic E-state index is -0.267. The number of carbonyl (C=O) groups excluding carboxylic acids is 2. The van der Waals surface area contributed by atoms with Crippen molar-refractivity contribution in [3.63, 3.8) is 0 Å². The highest BCUT2D eigenvalue weighted by Crippen LogP contribution is 2.19. The minimum absolute atomic E-state index is 0.0500. The Labute approximate surface area is 155 Å². The number of nitrogens with zero attached hydrogens (tertiary/aromatic N) is 2. The maximum Gasteiger partial charge on any atom is 0.323 e. The highest BCUT2D eigenvalue weighted by molar-refractivity contribution is 7.13. The summed E-state index contributed by atoms with van der Waals surface area (Å²) in [5, 5.41) is 7.98. The third-order valence-corrected chi connectivity index (χ3v) is 5.19. The molecule has 1 fully saturated rings. The summed E-state index contributed by atoms with van der Waals surface area (Å²) in [4.78, 5) is 30.2. The lowest BCUT2D eigenvalue weighted by molar-refractivity contribution is -0.126. The van der Waals surface area contributed by atoms with E-state index < -0.39 is 0 Å². The Morgan fingerprint density at radius 3 is 2.77 bits per heavy atom. The number of hydrogen-bond donors (Lipinski definition) is 2. The Hall–Kier alpha value is -2.48. The molecule has 1 aromatic carbocycles. The Morgan fingerprint density at radius 2 is 2.12 bits per heavy atom.